The molecule has 5 heteroatoms. The number of fused-ring (bicyclic) bond motifs is 1. The van der Waals surface area contributed by atoms with Crippen LogP contribution in [-0.2, 0) is 5.41 Å². The Morgan fingerprint density at radius 2 is 1.73 bits per heavy atom. The van der Waals surface area contributed by atoms with Gasteiger partial charge in [0.05, 0.1) is 23.8 Å². The predicted molar refractivity (Wildman–Crippen MR) is 121 cm³/mol. The highest BCUT2D eigenvalue weighted by Crippen LogP contribution is 2.31. The molecule has 0 fully saturated rings. The van der Waals surface area contributed by atoms with Crippen molar-refractivity contribution in [2.75, 3.05) is 12.4 Å². The summed E-state index contributed by atoms with van der Waals surface area (Å²) in [7, 11) is 1.59. The number of H-pyrrole nitrogens is 1. The quantitative estimate of drug-likeness (QED) is 0.456. The van der Waals surface area contributed by atoms with Gasteiger partial charge in [-0.15, -0.1) is 0 Å². The molecule has 3 aromatic carbocycles. The monoisotopic (exact) mass is 399 g/mol. The Labute approximate surface area is 176 Å². The summed E-state index contributed by atoms with van der Waals surface area (Å²) < 4.78 is 5.45. The Morgan fingerprint density at radius 3 is 2.40 bits per heavy atom. The zero-order valence-electron chi connectivity index (χ0n) is 17.6. The van der Waals surface area contributed by atoms with Crippen LogP contribution in [0.3, 0.4) is 0 Å². The van der Waals surface area contributed by atoms with Gasteiger partial charge in [0.1, 0.15) is 11.6 Å². The largest absolute Gasteiger partial charge is 0.495 e. The lowest BCUT2D eigenvalue weighted by atomic mass is 9.87. The smallest absolute Gasteiger partial charge is 0.255 e. The van der Waals surface area contributed by atoms with E-state index in [0.717, 1.165) is 22.4 Å². The minimum absolute atomic E-state index is 0.0408. The van der Waals surface area contributed by atoms with Crippen molar-refractivity contribution in [3.63, 3.8) is 0 Å². The van der Waals surface area contributed by atoms with Gasteiger partial charge in [-0.3, -0.25) is 4.79 Å². The molecule has 30 heavy (non-hydrogen) atoms. The molecule has 1 aromatic heterocycles. The second kappa shape index (κ2) is 7.67. The molecule has 0 saturated carbocycles. The first-order valence-electron chi connectivity index (χ1n) is 9.90. The molecule has 5 nitrogen and oxygen atoms in total. The second-order valence-electron chi connectivity index (χ2n) is 8.30. The van der Waals surface area contributed by atoms with Gasteiger partial charge in [0.2, 0.25) is 0 Å². The summed E-state index contributed by atoms with van der Waals surface area (Å²) in [6.07, 6.45) is 0. The number of aromatic nitrogens is 2. The number of ether oxygens (including phenoxy) is 1. The fourth-order valence-electron chi connectivity index (χ4n) is 3.36. The van der Waals surface area contributed by atoms with Gasteiger partial charge in [-0.1, -0.05) is 45.0 Å². The number of nitrogens with zero attached hydrogens (tertiary/aromatic N) is 1. The summed E-state index contributed by atoms with van der Waals surface area (Å²) in [4.78, 5) is 20.8. The summed E-state index contributed by atoms with van der Waals surface area (Å²) in [5.74, 6) is 1.15. The molecule has 152 valence electrons. The molecule has 0 spiro atoms. The molecule has 4 rings (SSSR count). The number of methoxy groups -OCH3 is 1. The Hall–Kier alpha value is -3.60. The molecule has 1 amide bonds. The number of carbonyl (C=O) groups is 1. The van der Waals surface area contributed by atoms with Crippen molar-refractivity contribution in [1.82, 2.24) is 9.97 Å². The number of hydrogen-bond donors (Lipinski definition) is 2. The number of anilines is 1. The van der Waals surface area contributed by atoms with Gasteiger partial charge >= 0.3 is 0 Å². The standard InChI is InChI=1S/C25H25N3O2/c1-25(2,3)18-12-9-16(10-13-18)24(29)28-21-15-17(11-14-22(21)30-4)23-26-19-7-5-6-8-20(19)27-23/h5-15H,1-4H3,(H,26,27)(H,28,29). The number of imidazole rings is 1. The van der Waals surface area contributed by atoms with E-state index < -0.39 is 0 Å². The van der Waals surface area contributed by atoms with Gasteiger partial charge in [-0.25, -0.2) is 4.98 Å². The highest BCUT2D eigenvalue weighted by atomic mass is 16.5. The fourth-order valence-corrected chi connectivity index (χ4v) is 3.36. The summed E-state index contributed by atoms with van der Waals surface area (Å²) in [6, 6.07) is 21.2. The van der Waals surface area contributed by atoms with Crippen molar-refractivity contribution < 1.29 is 9.53 Å². The highest BCUT2D eigenvalue weighted by Gasteiger charge is 2.16. The normalized spacial score (nSPS) is 11.5. The van der Waals surface area contributed by atoms with Gasteiger partial charge in [0.25, 0.3) is 5.91 Å². The molecular weight excluding hydrogens is 374 g/mol. The third-order valence-corrected chi connectivity index (χ3v) is 5.12. The van der Waals surface area contributed by atoms with Gasteiger partial charge in [-0.05, 0) is 53.4 Å². The zero-order chi connectivity index (χ0) is 21.3. The summed E-state index contributed by atoms with van der Waals surface area (Å²) in [5.41, 5.74) is 5.15. The number of hydrogen-bond acceptors (Lipinski definition) is 3. The van der Waals surface area contributed by atoms with E-state index in [1.807, 2.05) is 66.7 Å². The van der Waals surface area contributed by atoms with Crippen LogP contribution in [0.15, 0.2) is 66.7 Å². The molecule has 2 N–H and O–H groups in total. The lowest BCUT2D eigenvalue weighted by Gasteiger charge is -2.19. The number of nitrogens with one attached hydrogen (secondary N) is 2. The van der Waals surface area contributed by atoms with Crippen LogP contribution in [0.5, 0.6) is 5.75 Å². The van der Waals surface area contributed by atoms with E-state index in [1.54, 1.807) is 7.11 Å². The molecule has 0 atom stereocenters. The van der Waals surface area contributed by atoms with Crippen LogP contribution in [0.2, 0.25) is 0 Å². The molecule has 1 heterocycles. The lowest BCUT2D eigenvalue weighted by Crippen LogP contribution is -2.14. The van der Waals surface area contributed by atoms with Gasteiger partial charge in [0, 0.05) is 11.1 Å². The van der Waals surface area contributed by atoms with Crippen molar-refractivity contribution in [3.8, 4) is 17.1 Å². The van der Waals surface area contributed by atoms with Crippen LogP contribution in [-0.4, -0.2) is 23.0 Å². The van der Waals surface area contributed by atoms with Crippen molar-refractivity contribution in [2.24, 2.45) is 0 Å². The van der Waals surface area contributed by atoms with Crippen LogP contribution >= 0.6 is 0 Å². The number of aromatic amines is 1. The third-order valence-electron chi connectivity index (χ3n) is 5.12. The van der Waals surface area contributed by atoms with Crippen LogP contribution in [0.25, 0.3) is 22.4 Å². The van der Waals surface area contributed by atoms with Crippen molar-refractivity contribution in [1.29, 1.82) is 0 Å². The minimum Gasteiger partial charge on any atom is -0.495 e. The highest BCUT2D eigenvalue weighted by molar-refractivity contribution is 6.05. The van der Waals surface area contributed by atoms with E-state index in [4.69, 9.17) is 4.74 Å². The molecule has 0 aliphatic carbocycles. The fraction of sp³-hybridized carbons (Fsp3) is 0.200. The Bertz CT molecular complexity index is 1170. The van der Waals surface area contributed by atoms with E-state index in [9.17, 15) is 4.79 Å². The Kier molecular flexibility index (Phi) is 5.04. The molecule has 0 radical (unpaired) electrons. The number of carbonyl (C=O) groups excluding carboxylic acids is 1. The minimum atomic E-state index is -0.185. The van der Waals surface area contributed by atoms with Crippen molar-refractivity contribution >= 4 is 22.6 Å². The van der Waals surface area contributed by atoms with E-state index in [0.29, 0.717) is 17.0 Å². The maximum atomic E-state index is 12.8. The molecule has 0 bridgehead atoms. The first-order chi connectivity index (χ1) is 14.3. The number of rotatable bonds is 4. The summed E-state index contributed by atoms with van der Waals surface area (Å²) in [6.45, 7) is 6.45. The Morgan fingerprint density at radius 1 is 1.00 bits per heavy atom. The molecule has 0 aliphatic rings. The van der Waals surface area contributed by atoms with E-state index in [-0.39, 0.29) is 11.3 Å². The number of amides is 1. The Balaban J connectivity index is 1.63. The van der Waals surface area contributed by atoms with E-state index >= 15 is 0 Å². The van der Waals surface area contributed by atoms with Crippen LogP contribution < -0.4 is 10.1 Å². The first-order valence-corrected chi connectivity index (χ1v) is 9.90. The third kappa shape index (κ3) is 3.92. The topological polar surface area (TPSA) is 67.0 Å². The SMILES string of the molecule is COc1ccc(-c2nc3ccccc3[nH]2)cc1NC(=O)c1ccc(C(C)(C)C)cc1. The molecule has 4 aromatic rings. The summed E-state index contributed by atoms with van der Waals surface area (Å²) >= 11 is 0. The first kappa shape index (κ1) is 19.7. The predicted octanol–water partition coefficient (Wildman–Crippen LogP) is 5.79. The van der Waals surface area contributed by atoms with E-state index in [1.165, 1.54) is 5.56 Å². The molecule has 0 aliphatic heterocycles. The van der Waals surface area contributed by atoms with Gasteiger partial charge < -0.3 is 15.0 Å². The molecule has 0 saturated heterocycles. The van der Waals surface area contributed by atoms with Gasteiger partial charge in [-0.2, -0.15) is 0 Å². The second-order valence-corrected chi connectivity index (χ2v) is 8.30. The number of para-hydroxylation sites is 2. The maximum Gasteiger partial charge on any atom is 0.255 e. The molecule has 0 unspecified atom stereocenters. The van der Waals surface area contributed by atoms with E-state index in [2.05, 4.69) is 36.1 Å². The average molecular weight is 399 g/mol. The maximum absolute atomic E-state index is 12.8. The van der Waals surface area contributed by atoms with Gasteiger partial charge in [0.15, 0.2) is 0 Å². The van der Waals surface area contributed by atoms with Crippen LogP contribution in [0.4, 0.5) is 5.69 Å². The average Bonchev–Trinajstić information content (AvgIpc) is 3.17. The zero-order valence-corrected chi connectivity index (χ0v) is 17.6. The van der Waals surface area contributed by atoms with Crippen molar-refractivity contribution in [3.05, 3.63) is 77.9 Å². The number of benzene rings is 3. The lowest BCUT2D eigenvalue weighted by molar-refractivity contribution is 0.102. The van der Waals surface area contributed by atoms with Crippen LogP contribution in [0.1, 0.15) is 36.7 Å². The molecular formula is C25H25N3O2. The van der Waals surface area contributed by atoms with Crippen molar-refractivity contribution in [2.45, 2.75) is 26.2 Å². The van der Waals surface area contributed by atoms with Crippen LogP contribution in [0, 0.1) is 0 Å². The summed E-state index contributed by atoms with van der Waals surface area (Å²) in [5, 5.41) is 2.97.